The molecule has 1 heterocycles. The van der Waals surface area contributed by atoms with Crippen molar-refractivity contribution in [3.05, 3.63) is 56.2 Å². The Labute approximate surface area is 124 Å². The Bertz CT molecular complexity index is 590. The maximum atomic E-state index is 11.7. The van der Waals surface area contributed by atoms with E-state index < -0.39 is 0 Å². The van der Waals surface area contributed by atoms with Crippen LogP contribution in [-0.2, 0) is 11.2 Å². The molecule has 5 heteroatoms. The molecule has 1 N–H and O–H groups in total. The summed E-state index contributed by atoms with van der Waals surface area (Å²) in [6.07, 6.45) is 2.01. The minimum atomic E-state index is -0.118. The van der Waals surface area contributed by atoms with Gasteiger partial charge < -0.3 is 0 Å². The summed E-state index contributed by atoms with van der Waals surface area (Å²) < 4.78 is 1.00. The molecule has 0 aliphatic carbocycles. The molecule has 98 valence electrons. The molecule has 0 fully saturated rings. The number of nitrogens with one attached hydrogen (secondary N) is 1. The zero-order chi connectivity index (χ0) is 13.7. The van der Waals surface area contributed by atoms with Gasteiger partial charge in [0.1, 0.15) is 0 Å². The Morgan fingerprint density at radius 3 is 2.74 bits per heavy atom. The van der Waals surface area contributed by atoms with Gasteiger partial charge in [-0.1, -0.05) is 28.1 Å². The second-order valence-corrected chi connectivity index (χ2v) is 5.93. The first-order valence-corrected chi connectivity index (χ1v) is 7.43. The van der Waals surface area contributed by atoms with Crippen LogP contribution >= 0.6 is 27.3 Å². The molecule has 3 nitrogen and oxygen atoms in total. The highest BCUT2D eigenvalue weighted by Gasteiger charge is 2.02. The molecule has 0 aliphatic rings. The third-order valence-electron chi connectivity index (χ3n) is 2.55. The Kier molecular flexibility index (Phi) is 4.87. The zero-order valence-electron chi connectivity index (χ0n) is 10.4. The second-order valence-electron chi connectivity index (χ2n) is 4.06. The minimum Gasteiger partial charge on any atom is -0.273 e. The molecule has 2 rings (SSSR count). The highest BCUT2D eigenvalue weighted by Crippen LogP contribution is 2.12. The summed E-state index contributed by atoms with van der Waals surface area (Å²) in [5.41, 5.74) is 4.66. The first kappa shape index (κ1) is 14.0. The number of hydrazone groups is 1. The van der Waals surface area contributed by atoms with Crippen LogP contribution in [0.15, 0.2) is 45.3 Å². The van der Waals surface area contributed by atoms with Crippen LogP contribution in [0.2, 0.25) is 0 Å². The van der Waals surface area contributed by atoms with E-state index in [1.807, 2.05) is 42.6 Å². The van der Waals surface area contributed by atoms with Crippen molar-refractivity contribution in [1.29, 1.82) is 0 Å². The summed E-state index contributed by atoms with van der Waals surface area (Å²) >= 11 is 4.96. The summed E-state index contributed by atoms with van der Waals surface area (Å²) in [5.74, 6) is -0.118. The number of amides is 1. The average Bonchev–Trinajstić information content (AvgIpc) is 2.78. The number of thiophene rings is 1. The second kappa shape index (κ2) is 6.63. The van der Waals surface area contributed by atoms with Gasteiger partial charge in [0.05, 0.1) is 12.6 Å². The number of carbonyl (C=O) groups excluding carboxylic acids is 1. The molecule has 0 saturated carbocycles. The standard InChI is InChI=1S/C14H13BrN2OS/c1-10-6-7-19-13(10)9-16-17-14(18)8-11-2-4-12(15)5-3-11/h2-7,9H,8H2,1H3,(H,17,18)/b16-9-. The van der Waals surface area contributed by atoms with Crippen LogP contribution in [0.5, 0.6) is 0 Å². The molecule has 1 amide bonds. The predicted molar refractivity (Wildman–Crippen MR) is 82.6 cm³/mol. The normalized spacial score (nSPS) is 10.8. The van der Waals surface area contributed by atoms with E-state index in [-0.39, 0.29) is 5.91 Å². The molecule has 0 spiro atoms. The van der Waals surface area contributed by atoms with Gasteiger partial charge in [0.15, 0.2) is 0 Å². The molecule has 1 aromatic heterocycles. The topological polar surface area (TPSA) is 41.5 Å². The summed E-state index contributed by atoms with van der Waals surface area (Å²) in [6.45, 7) is 2.02. The highest BCUT2D eigenvalue weighted by molar-refractivity contribution is 9.10. The zero-order valence-corrected chi connectivity index (χ0v) is 12.8. The van der Waals surface area contributed by atoms with E-state index in [2.05, 4.69) is 26.5 Å². The molecule has 0 saturated heterocycles. The smallest absolute Gasteiger partial charge is 0.244 e. The van der Waals surface area contributed by atoms with E-state index in [9.17, 15) is 4.79 Å². The van der Waals surface area contributed by atoms with Crippen molar-refractivity contribution in [2.75, 3.05) is 0 Å². The van der Waals surface area contributed by atoms with Gasteiger partial charge in [0.25, 0.3) is 0 Å². The Morgan fingerprint density at radius 2 is 2.11 bits per heavy atom. The van der Waals surface area contributed by atoms with E-state index in [1.165, 1.54) is 0 Å². The monoisotopic (exact) mass is 336 g/mol. The third-order valence-corrected chi connectivity index (χ3v) is 4.03. The van der Waals surface area contributed by atoms with E-state index in [1.54, 1.807) is 17.6 Å². The van der Waals surface area contributed by atoms with Crippen LogP contribution in [0.4, 0.5) is 0 Å². The molecular formula is C14H13BrN2OS. The predicted octanol–water partition coefficient (Wildman–Crippen LogP) is 3.51. The van der Waals surface area contributed by atoms with Gasteiger partial charge >= 0.3 is 0 Å². The van der Waals surface area contributed by atoms with Gasteiger partial charge in [0, 0.05) is 9.35 Å². The number of carbonyl (C=O) groups is 1. The van der Waals surface area contributed by atoms with Crippen molar-refractivity contribution < 1.29 is 4.79 Å². The lowest BCUT2D eigenvalue weighted by Gasteiger charge is -2.00. The molecule has 0 bridgehead atoms. The quantitative estimate of drug-likeness (QED) is 0.673. The largest absolute Gasteiger partial charge is 0.273 e. The van der Waals surface area contributed by atoms with Gasteiger partial charge in [-0.25, -0.2) is 5.43 Å². The summed E-state index contributed by atoms with van der Waals surface area (Å²) in [7, 11) is 0. The number of aryl methyl sites for hydroxylation is 1. The Hall–Kier alpha value is -1.46. The summed E-state index contributed by atoms with van der Waals surface area (Å²) in [4.78, 5) is 12.7. The molecule has 1 aromatic carbocycles. The molecule has 0 unspecified atom stereocenters. The first-order chi connectivity index (χ1) is 9.15. The molecule has 0 atom stereocenters. The van der Waals surface area contributed by atoms with Crippen molar-refractivity contribution in [3.63, 3.8) is 0 Å². The fourth-order valence-electron chi connectivity index (χ4n) is 1.51. The molecule has 2 aromatic rings. The number of nitrogens with zero attached hydrogens (tertiary/aromatic N) is 1. The fourth-order valence-corrected chi connectivity index (χ4v) is 2.56. The maximum Gasteiger partial charge on any atom is 0.244 e. The average molecular weight is 337 g/mol. The maximum absolute atomic E-state index is 11.7. The SMILES string of the molecule is Cc1ccsc1/C=N\NC(=O)Cc1ccc(Br)cc1. The lowest BCUT2D eigenvalue weighted by molar-refractivity contribution is -0.120. The van der Waals surface area contributed by atoms with Crippen molar-refractivity contribution in [2.24, 2.45) is 5.10 Å². The van der Waals surface area contributed by atoms with Crippen molar-refractivity contribution in [1.82, 2.24) is 5.43 Å². The van der Waals surface area contributed by atoms with Crippen LogP contribution < -0.4 is 5.43 Å². The van der Waals surface area contributed by atoms with Crippen molar-refractivity contribution in [3.8, 4) is 0 Å². The first-order valence-electron chi connectivity index (χ1n) is 5.75. The molecule has 0 aliphatic heterocycles. The van der Waals surface area contributed by atoms with Gasteiger partial charge in [-0.05, 0) is 41.6 Å². The summed E-state index contributed by atoms with van der Waals surface area (Å²) in [6, 6.07) is 9.69. The lowest BCUT2D eigenvalue weighted by atomic mass is 10.1. The van der Waals surface area contributed by atoms with Crippen molar-refractivity contribution in [2.45, 2.75) is 13.3 Å². The number of hydrogen-bond acceptors (Lipinski definition) is 3. The number of halogens is 1. The number of rotatable bonds is 4. The van der Waals surface area contributed by atoms with Crippen LogP contribution in [0.25, 0.3) is 0 Å². The molecular weight excluding hydrogens is 324 g/mol. The minimum absolute atomic E-state index is 0.118. The Morgan fingerprint density at radius 1 is 1.37 bits per heavy atom. The van der Waals surface area contributed by atoms with Gasteiger partial charge in [-0.3, -0.25) is 4.79 Å². The number of benzene rings is 1. The van der Waals surface area contributed by atoms with Crippen molar-refractivity contribution >= 4 is 39.4 Å². The summed E-state index contributed by atoms with van der Waals surface area (Å²) in [5, 5.41) is 5.97. The number of hydrogen-bond donors (Lipinski definition) is 1. The van der Waals surface area contributed by atoms with E-state index >= 15 is 0 Å². The van der Waals surface area contributed by atoms with Crippen LogP contribution in [0.1, 0.15) is 16.0 Å². The third kappa shape index (κ3) is 4.29. The van der Waals surface area contributed by atoms with Gasteiger partial charge in [0.2, 0.25) is 5.91 Å². The molecule has 19 heavy (non-hydrogen) atoms. The van der Waals surface area contributed by atoms with Crippen LogP contribution in [-0.4, -0.2) is 12.1 Å². The fraction of sp³-hybridized carbons (Fsp3) is 0.143. The van der Waals surface area contributed by atoms with Crippen LogP contribution in [0, 0.1) is 6.92 Å². The van der Waals surface area contributed by atoms with E-state index in [0.717, 1.165) is 20.5 Å². The van der Waals surface area contributed by atoms with E-state index in [0.29, 0.717) is 6.42 Å². The van der Waals surface area contributed by atoms with Crippen LogP contribution in [0.3, 0.4) is 0 Å². The lowest BCUT2D eigenvalue weighted by Crippen LogP contribution is -2.19. The van der Waals surface area contributed by atoms with Gasteiger partial charge in [-0.15, -0.1) is 11.3 Å². The van der Waals surface area contributed by atoms with E-state index in [4.69, 9.17) is 0 Å². The molecule has 0 radical (unpaired) electrons. The highest BCUT2D eigenvalue weighted by atomic mass is 79.9. The Balaban J connectivity index is 1.86. The van der Waals surface area contributed by atoms with Gasteiger partial charge in [-0.2, -0.15) is 5.10 Å².